The molecule has 0 spiro atoms. The van der Waals surface area contributed by atoms with E-state index in [0.29, 0.717) is 5.56 Å². The van der Waals surface area contributed by atoms with Gasteiger partial charge in [0.1, 0.15) is 9.79 Å². The minimum atomic E-state index is -4.80. The number of thiol groups is 1. The first kappa shape index (κ1) is 25.0. The number of benzene rings is 2. The Kier molecular flexibility index (Phi) is 7.08. The first-order chi connectivity index (χ1) is 15.4. The molecule has 1 aromatic heterocycles. The van der Waals surface area contributed by atoms with Gasteiger partial charge in [0.05, 0.1) is 12.4 Å². The fourth-order valence-electron chi connectivity index (χ4n) is 2.94. The highest BCUT2D eigenvalue weighted by Gasteiger charge is 2.47. The van der Waals surface area contributed by atoms with E-state index in [2.05, 4.69) is 12.6 Å². The van der Waals surface area contributed by atoms with E-state index in [1.807, 2.05) is 19.0 Å². The van der Waals surface area contributed by atoms with E-state index in [4.69, 9.17) is 17.0 Å². The van der Waals surface area contributed by atoms with Crippen LogP contribution in [0.25, 0.3) is 0 Å². The number of aryl methyl sites for hydroxylation is 1. The SMILES string of the molecule is Cc1cc(S(=O)(=O)N(C(=N)[n+]2ccc(N(C)C)cc2)S(=O)(=O)c2ccccc2)c(S)cc1Cl. The summed E-state index contributed by atoms with van der Waals surface area (Å²) in [6.07, 6.45) is 2.82. The van der Waals surface area contributed by atoms with Crippen molar-refractivity contribution in [3.8, 4) is 0 Å². The Balaban J connectivity index is 2.26. The lowest BCUT2D eigenvalue weighted by atomic mass is 10.2. The summed E-state index contributed by atoms with van der Waals surface area (Å²) in [6.45, 7) is 1.59. The van der Waals surface area contributed by atoms with Crippen molar-refractivity contribution < 1.29 is 21.4 Å². The van der Waals surface area contributed by atoms with E-state index in [1.165, 1.54) is 48.8 Å². The number of nitrogens with one attached hydrogen (secondary N) is 1. The molecule has 0 aliphatic rings. The van der Waals surface area contributed by atoms with E-state index >= 15 is 0 Å². The first-order valence-electron chi connectivity index (χ1n) is 9.49. The maximum absolute atomic E-state index is 13.7. The van der Waals surface area contributed by atoms with Crippen molar-refractivity contribution in [2.75, 3.05) is 19.0 Å². The highest BCUT2D eigenvalue weighted by Crippen LogP contribution is 2.31. The van der Waals surface area contributed by atoms with Crippen LogP contribution in [0, 0.1) is 12.3 Å². The molecule has 0 saturated heterocycles. The molecule has 0 radical (unpaired) electrons. The number of anilines is 1. The molecule has 8 nitrogen and oxygen atoms in total. The number of sulfonamides is 2. The standard InChI is InChI=1S/C21H21ClN4O4S3/c1-15-13-20(19(31)14-18(15)22)33(29,30)26(32(27,28)17-7-5-4-6-8-17)21(23)25-11-9-16(10-12-25)24(2)3/h4-14,23H,1-3H3/p+1. The molecule has 3 aromatic rings. The second kappa shape index (κ2) is 9.34. The minimum absolute atomic E-state index is 0.0420. The van der Waals surface area contributed by atoms with Crippen LogP contribution in [-0.2, 0) is 20.0 Å². The molecule has 0 fully saturated rings. The average Bonchev–Trinajstić information content (AvgIpc) is 2.76. The highest BCUT2D eigenvalue weighted by atomic mass is 35.5. The number of nitrogens with zero attached hydrogens (tertiary/aromatic N) is 3. The quantitative estimate of drug-likeness (QED) is 0.230. The lowest BCUT2D eigenvalue weighted by Crippen LogP contribution is -2.56. The van der Waals surface area contributed by atoms with Crippen molar-refractivity contribution in [3.63, 3.8) is 0 Å². The van der Waals surface area contributed by atoms with Crippen LogP contribution in [0.15, 0.2) is 81.7 Å². The van der Waals surface area contributed by atoms with Gasteiger partial charge in [-0.2, -0.15) is 16.8 Å². The van der Waals surface area contributed by atoms with Crippen LogP contribution in [0.4, 0.5) is 5.69 Å². The zero-order chi connectivity index (χ0) is 24.6. The largest absolute Gasteiger partial charge is 0.421 e. The second-order valence-electron chi connectivity index (χ2n) is 7.27. The van der Waals surface area contributed by atoms with Crippen LogP contribution in [0.5, 0.6) is 0 Å². The molecule has 12 heteroatoms. The van der Waals surface area contributed by atoms with Gasteiger partial charge in [0.2, 0.25) is 0 Å². The summed E-state index contributed by atoms with van der Waals surface area (Å²) in [6, 6.07) is 12.9. The number of hydrogen-bond acceptors (Lipinski definition) is 7. The molecular weight excluding hydrogens is 504 g/mol. The van der Waals surface area contributed by atoms with Gasteiger partial charge in [-0.15, -0.1) is 18.0 Å². The molecule has 3 rings (SSSR count). The minimum Gasteiger partial charge on any atom is -0.377 e. The molecule has 0 amide bonds. The third kappa shape index (κ3) is 4.86. The third-order valence-electron chi connectivity index (χ3n) is 4.74. The molecule has 1 heterocycles. The topological polar surface area (TPSA) is 102 Å². The smallest absolute Gasteiger partial charge is 0.377 e. The Hall–Kier alpha value is -2.60. The summed E-state index contributed by atoms with van der Waals surface area (Å²) in [5.41, 5.74) is 1.20. The maximum atomic E-state index is 13.7. The number of hydrogen-bond donors (Lipinski definition) is 2. The molecule has 0 bridgehead atoms. The van der Waals surface area contributed by atoms with E-state index in [-0.39, 0.29) is 23.4 Å². The molecule has 174 valence electrons. The van der Waals surface area contributed by atoms with Crippen LogP contribution >= 0.6 is 24.2 Å². The van der Waals surface area contributed by atoms with E-state index in [9.17, 15) is 16.8 Å². The van der Waals surface area contributed by atoms with Crippen LogP contribution < -0.4 is 9.47 Å². The third-order valence-corrected chi connectivity index (χ3v) is 9.83. The van der Waals surface area contributed by atoms with Gasteiger partial charge in [0.25, 0.3) is 0 Å². The zero-order valence-electron chi connectivity index (χ0n) is 18.0. The van der Waals surface area contributed by atoms with Crippen LogP contribution in [0.3, 0.4) is 0 Å². The normalized spacial score (nSPS) is 11.8. The molecule has 0 aliphatic carbocycles. The van der Waals surface area contributed by atoms with Crippen LogP contribution in [0.1, 0.15) is 5.56 Å². The molecule has 1 N–H and O–H groups in total. The monoisotopic (exact) mass is 525 g/mol. The van der Waals surface area contributed by atoms with Crippen LogP contribution in [0.2, 0.25) is 5.02 Å². The molecular formula is C21H22ClN4O4S3+. The van der Waals surface area contributed by atoms with Crippen molar-refractivity contribution >= 4 is 55.9 Å². The summed E-state index contributed by atoms with van der Waals surface area (Å²) in [4.78, 5) is 1.10. The highest BCUT2D eigenvalue weighted by molar-refractivity contribution is 8.05. The zero-order valence-corrected chi connectivity index (χ0v) is 21.3. The summed E-state index contributed by atoms with van der Waals surface area (Å²) in [7, 11) is -5.86. The molecule has 0 atom stereocenters. The fraction of sp³-hybridized carbons (Fsp3) is 0.143. The molecule has 33 heavy (non-hydrogen) atoms. The van der Waals surface area contributed by atoms with Crippen molar-refractivity contribution in [1.82, 2.24) is 3.71 Å². The Morgan fingerprint density at radius 3 is 2.09 bits per heavy atom. The van der Waals surface area contributed by atoms with E-state index in [1.54, 1.807) is 25.1 Å². The van der Waals surface area contributed by atoms with Crippen molar-refractivity contribution in [2.24, 2.45) is 0 Å². The summed E-state index contributed by atoms with van der Waals surface area (Å²) >= 11 is 10.3. The lowest BCUT2D eigenvalue weighted by molar-refractivity contribution is -0.562. The molecule has 0 unspecified atom stereocenters. The molecule has 0 saturated carbocycles. The van der Waals surface area contributed by atoms with E-state index < -0.39 is 26.0 Å². The van der Waals surface area contributed by atoms with Crippen molar-refractivity contribution in [3.05, 3.63) is 77.6 Å². The average molecular weight is 526 g/mol. The Morgan fingerprint density at radius 1 is 0.970 bits per heavy atom. The summed E-state index contributed by atoms with van der Waals surface area (Å²) < 4.78 is 55.7. The predicted octanol–water partition coefficient (Wildman–Crippen LogP) is 3.15. The van der Waals surface area contributed by atoms with E-state index in [0.717, 1.165) is 10.3 Å². The maximum Gasteiger partial charge on any atom is 0.421 e. The Labute approximate surface area is 204 Å². The first-order valence-corrected chi connectivity index (χ1v) is 13.2. The lowest BCUT2D eigenvalue weighted by Gasteiger charge is -2.20. The molecule has 0 aliphatic heterocycles. The van der Waals surface area contributed by atoms with Crippen molar-refractivity contribution in [1.29, 1.82) is 5.41 Å². The Bertz CT molecular complexity index is 1410. The van der Waals surface area contributed by atoms with Gasteiger partial charge in [0.15, 0.2) is 0 Å². The summed E-state index contributed by atoms with van der Waals surface area (Å²) in [5, 5.41) is 8.88. The number of rotatable bonds is 5. The van der Waals surface area contributed by atoms with Gasteiger partial charge in [-0.05, 0) is 52.6 Å². The molecule has 2 aromatic carbocycles. The fourth-order valence-corrected chi connectivity index (χ4v) is 7.41. The summed E-state index contributed by atoms with van der Waals surface area (Å²) in [5.74, 6) is -0.801. The van der Waals surface area contributed by atoms with Gasteiger partial charge in [-0.25, -0.2) is 4.57 Å². The Morgan fingerprint density at radius 2 is 1.55 bits per heavy atom. The van der Waals surface area contributed by atoms with Gasteiger partial charge in [-0.1, -0.05) is 29.8 Å². The predicted molar refractivity (Wildman–Crippen MR) is 130 cm³/mol. The van der Waals surface area contributed by atoms with Gasteiger partial charge in [0, 0.05) is 29.7 Å². The van der Waals surface area contributed by atoms with Crippen molar-refractivity contribution in [2.45, 2.75) is 21.6 Å². The van der Waals surface area contributed by atoms with Crippen LogP contribution in [-0.4, -0.2) is 40.6 Å². The number of pyridine rings is 1. The second-order valence-corrected chi connectivity index (χ2v) is 11.9. The van der Waals surface area contributed by atoms with Gasteiger partial charge < -0.3 is 4.90 Å². The number of aromatic nitrogens is 1. The number of halogens is 1. The van der Waals surface area contributed by atoms with Gasteiger partial charge in [-0.3, -0.25) is 0 Å². The van der Waals surface area contributed by atoms with Gasteiger partial charge >= 0.3 is 26.0 Å².